The van der Waals surface area contributed by atoms with Crippen LogP contribution in [0.2, 0.25) is 0 Å². The van der Waals surface area contributed by atoms with Crippen molar-refractivity contribution in [2.75, 3.05) is 12.1 Å². The molecule has 3 aromatic carbocycles. The number of hydrogen-bond acceptors (Lipinski definition) is 6. The van der Waals surface area contributed by atoms with E-state index in [0.717, 1.165) is 25.3 Å². The second-order valence-corrected chi connectivity index (χ2v) is 9.82. The van der Waals surface area contributed by atoms with Gasteiger partial charge in [-0.3, -0.25) is 4.79 Å². The summed E-state index contributed by atoms with van der Waals surface area (Å²) in [6.07, 6.45) is -2.46. The van der Waals surface area contributed by atoms with Crippen molar-refractivity contribution in [3.05, 3.63) is 95.6 Å². The third-order valence-electron chi connectivity index (χ3n) is 5.82. The van der Waals surface area contributed by atoms with Crippen molar-refractivity contribution >= 4 is 34.7 Å². The molecule has 0 bridgehead atoms. The molecule has 10 heteroatoms. The first-order valence-electron chi connectivity index (χ1n) is 12.3. The van der Waals surface area contributed by atoms with Gasteiger partial charge < -0.3 is 9.47 Å². The first-order chi connectivity index (χ1) is 18.9. The summed E-state index contributed by atoms with van der Waals surface area (Å²) >= 11 is 0. The predicted molar refractivity (Wildman–Crippen MR) is 146 cm³/mol. The quantitative estimate of drug-likeness (QED) is 0.255. The van der Waals surface area contributed by atoms with E-state index in [9.17, 15) is 18.8 Å². The standard InChI is InChI=1S/C30H27F2N3O5/c1-18-24(25-22(32)15-10-16-23(25)33-26(18)19-11-7-6-8-12-19)27(36)35(29(38)40-30(2,3)4)34(28(37)39-5)21-14-9-13-20(31)17-21/h6-17H,1-5H3. The van der Waals surface area contributed by atoms with Crippen LogP contribution in [0.4, 0.5) is 24.1 Å². The summed E-state index contributed by atoms with van der Waals surface area (Å²) in [6, 6.07) is 17.7. The smallest absolute Gasteiger partial charge is 0.437 e. The molecule has 3 amide bonds. The van der Waals surface area contributed by atoms with Crippen LogP contribution >= 0.6 is 0 Å². The highest BCUT2D eigenvalue weighted by Crippen LogP contribution is 2.33. The molecule has 0 N–H and O–H groups in total. The van der Waals surface area contributed by atoms with Gasteiger partial charge >= 0.3 is 12.2 Å². The maximum Gasteiger partial charge on any atom is 0.437 e. The lowest BCUT2D eigenvalue weighted by molar-refractivity contribution is 0.0214. The van der Waals surface area contributed by atoms with Gasteiger partial charge in [-0.05, 0) is 63.6 Å². The average Bonchev–Trinajstić information content (AvgIpc) is 2.90. The van der Waals surface area contributed by atoms with Crippen LogP contribution in [-0.2, 0) is 9.47 Å². The number of hydrazine groups is 1. The number of aromatic nitrogens is 1. The molecule has 0 spiro atoms. The van der Waals surface area contributed by atoms with E-state index in [4.69, 9.17) is 9.47 Å². The molecule has 0 atom stereocenters. The molecule has 0 fully saturated rings. The zero-order valence-electron chi connectivity index (χ0n) is 22.6. The van der Waals surface area contributed by atoms with Crippen molar-refractivity contribution in [2.24, 2.45) is 0 Å². The van der Waals surface area contributed by atoms with Gasteiger partial charge in [0.05, 0.1) is 29.6 Å². The molecular formula is C30H27F2N3O5. The van der Waals surface area contributed by atoms with Crippen LogP contribution in [0.3, 0.4) is 0 Å². The first-order valence-corrected chi connectivity index (χ1v) is 12.3. The number of carbonyl (C=O) groups excluding carboxylic acids is 3. The van der Waals surface area contributed by atoms with Crippen LogP contribution in [0.1, 0.15) is 36.7 Å². The van der Waals surface area contributed by atoms with E-state index in [1.54, 1.807) is 52.0 Å². The summed E-state index contributed by atoms with van der Waals surface area (Å²) in [4.78, 5) is 45.7. The number of amides is 3. The molecule has 0 aliphatic rings. The van der Waals surface area contributed by atoms with Crippen LogP contribution < -0.4 is 5.01 Å². The second kappa shape index (κ2) is 11.1. The SMILES string of the molecule is COC(=O)N(c1cccc(F)c1)N(C(=O)OC(C)(C)C)C(=O)c1c(C)c(-c2ccccc2)nc2cccc(F)c12. The Bertz CT molecular complexity index is 1600. The van der Waals surface area contributed by atoms with Gasteiger partial charge in [-0.25, -0.2) is 23.4 Å². The maximum absolute atomic E-state index is 15.4. The fourth-order valence-corrected chi connectivity index (χ4v) is 4.17. The minimum atomic E-state index is -1.27. The molecule has 0 aliphatic carbocycles. The summed E-state index contributed by atoms with van der Waals surface area (Å²) in [5, 5.41) is 0.769. The number of benzene rings is 3. The number of anilines is 1. The van der Waals surface area contributed by atoms with Crippen molar-refractivity contribution in [1.82, 2.24) is 9.99 Å². The molecule has 0 radical (unpaired) electrons. The summed E-state index contributed by atoms with van der Waals surface area (Å²) in [5.41, 5.74) is -0.155. The molecule has 40 heavy (non-hydrogen) atoms. The van der Waals surface area contributed by atoms with Gasteiger partial charge in [0.15, 0.2) is 0 Å². The number of fused-ring (bicyclic) bond motifs is 1. The molecule has 0 saturated carbocycles. The number of carbonyl (C=O) groups is 3. The molecule has 0 aliphatic heterocycles. The van der Waals surface area contributed by atoms with Gasteiger partial charge in [-0.15, -0.1) is 5.01 Å². The highest BCUT2D eigenvalue weighted by molar-refractivity contribution is 6.15. The highest BCUT2D eigenvalue weighted by Gasteiger charge is 2.40. The zero-order valence-corrected chi connectivity index (χ0v) is 22.6. The number of rotatable bonds is 3. The van der Waals surface area contributed by atoms with Gasteiger partial charge in [-0.1, -0.05) is 42.5 Å². The number of methoxy groups -OCH3 is 1. The van der Waals surface area contributed by atoms with Crippen molar-refractivity contribution < 1.29 is 32.6 Å². The Balaban J connectivity index is 2.04. The third-order valence-corrected chi connectivity index (χ3v) is 5.82. The van der Waals surface area contributed by atoms with Crippen molar-refractivity contribution in [1.29, 1.82) is 0 Å². The number of halogens is 2. The van der Waals surface area contributed by atoms with E-state index in [1.165, 1.54) is 24.3 Å². The fraction of sp³-hybridized carbons (Fsp3) is 0.200. The van der Waals surface area contributed by atoms with E-state index in [-0.39, 0.29) is 27.7 Å². The van der Waals surface area contributed by atoms with Crippen molar-refractivity contribution in [3.63, 3.8) is 0 Å². The van der Waals surface area contributed by atoms with Crippen LogP contribution in [0.25, 0.3) is 22.2 Å². The second-order valence-electron chi connectivity index (χ2n) is 9.82. The van der Waals surface area contributed by atoms with E-state index < -0.39 is 35.3 Å². The first kappa shape index (κ1) is 28.2. The topological polar surface area (TPSA) is 89.0 Å². The number of pyridine rings is 1. The lowest BCUT2D eigenvalue weighted by Crippen LogP contribution is -2.55. The molecule has 1 heterocycles. The molecule has 1 aromatic heterocycles. The Morgan fingerprint density at radius 2 is 1.55 bits per heavy atom. The zero-order chi connectivity index (χ0) is 29.2. The Kier molecular flexibility index (Phi) is 7.81. The number of hydrogen-bond donors (Lipinski definition) is 0. The maximum atomic E-state index is 15.4. The largest absolute Gasteiger partial charge is 0.451 e. The normalized spacial score (nSPS) is 11.2. The lowest BCUT2D eigenvalue weighted by Gasteiger charge is -2.33. The van der Waals surface area contributed by atoms with Gasteiger partial charge in [0.25, 0.3) is 5.91 Å². The Morgan fingerprint density at radius 1 is 0.875 bits per heavy atom. The Labute approximate surface area is 229 Å². The van der Waals surface area contributed by atoms with E-state index in [2.05, 4.69) is 4.98 Å². The minimum absolute atomic E-state index is 0.146. The molecule has 206 valence electrons. The minimum Gasteiger partial charge on any atom is -0.451 e. The summed E-state index contributed by atoms with van der Waals surface area (Å²) in [5.74, 6) is -2.63. The molecule has 0 unspecified atom stereocenters. The van der Waals surface area contributed by atoms with E-state index in [0.29, 0.717) is 21.3 Å². The number of nitrogens with zero attached hydrogens (tertiary/aromatic N) is 3. The fourth-order valence-electron chi connectivity index (χ4n) is 4.17. The summed E-state index contributed by atoms with van der Waals surface area (Å²) < 4.78 is 40.0. The van der Waals surface area contributed by atoms with Crippen LogP contribution in [0.15, 0.2) is 72.8 Å². The van der Waals surface area contributed by atoms with Crippen LogP contribution in [-0.4, -0.2) is 40.8 Å². The summed E-state index contributed by atoms with van der Waals surface area (Å²) in [7, 11) is 1.03. The van der Waals surface area contributed by atoms with E-state index >= 15 is 4.39 Å². The van der Waals surface area contributed by atoms with Gasteiger partial charge in [-0.2, -0.15) is 5.01 Å². The molecular weight excluding hydrogens is 520 g/mol. The molecule has 8 nitrogen and oxygen atoms in total. The monoisotopic (exact) mass is 547 g/mol. The average molecular weight is 548 g/mol. The van der Waals surface area contributed by atoms with Crippen LogP contribution in [0.5, 0.6) is 0 Å². The Hall–Kier alpha value is -4.86. The van der Waals surface area contributed by atoms with Gasteiger partial charge in [0, 0.05) is 10.9 Å². The molecule has 4 rings (SSSR count). The van der Waals surface area contributed by atoms with Gasteiger partial charge in [0.1, 0.15) is 17.2 Å². The van der Waals surface area contributed by atoms with E-state index in [1.807, 2.05) is 6.07 Å². The predicted octanol–water partition coefficient (Wildman–Crippen LogP) is 7.05. The van der Waals surface area contributed by atoms with Gasteiger partial charge in [0.2, 0.25) is 0 Å². The van der Waals surface area contributed by atoms with Crippen molar-refractivity contribution in [3.8, 4) is 11.3 Å². The number of imide groups is 1. The third kappa shape index (κ3) is 5.61. The highest BCUT2D eigenvalue weighted by atomic mass is 19.1. The molecule has 4 aromatic rings. The van der Waals surface area contributed by atoms with Crippen molar-refractivity contribution in [2.45, 2.75) is 33.3 Å². The van der Waals surface area contributed by atoms with Crippen LogP contribution in [0, 0.1) is 18.6 Å². The Morgan fingerprint density at radius 3 is 2.17 bits per heavy atom. The summed E-state index contributed by atoms with van der Waals surface area (Å²) in [6.45, 7) is 6.27. The number of ether oxygens (including phenoxy) is 2. The lowest BCUT2D eigenvalue weighted by atomic mass is 9.96. The molecule has 0 saturated heterocycles.